The van der Waals surface area contributed by atoms with Crippen LogP contribution in [0.2, 0.25) is 0 Å². The number of carbonyl (C=O) groups excluding carboxylic acids is 1. The van der Waals surface area contributed by atoms with E-state index in [1.165, 1.54) is 0 Å². The van der Waals surface area contributed by atoms with Gasteiger partial charge in [-0.1, -0.05) is 0 Å². The average Bonchev–Trinajstić information content (AvgIpc) is 2.47. The van der Waals surface area contributed by atoms with Crippen molar-refractivity contribution in [2.75, 3.05) is 0 Å². The Bertz CT molecular complexity index is 397. The van der Waals surface area contributed by atoms with Crippen molar-refractivity contribution in [2.24, 2.45) is 0 Å². The molecule has 54 valence electrons. The third-order valence-corrected chi connectivity index (χ3v) is 1.61. The van der Waals surface area contributed by atoms with Crippen LogP contribution in [0.15, 0.2) is 30.7 Å². The first-order chi connectivity index (χ1) is 5.42. The van der Waals surface area contributed by atoms with Crippen molar-refractivity contribution >= 4 is 11.8 Å². The highest BCUT2D eigenvalue weighted by molar-refractivity contribution is 5.75. The minimum absolute atomic E-state index is 0. The van der Waals surface area contributed by atoms with E-state index in [0.29, 0.717) is 5.69 Å². The molecule has 0 saturated heterocycles. The van der Waals surface area contributed by atoms with Crippen molar-refractivity contribution in [1.29, 1.82) is 0 Å². The van der Waals surface area contributed by atoms with Crippen molar-refractivity contribution in [3.63, 3.8) is 0 Å². The van der Waals surface area contributed by atoms with Crippen molar-refractivity contribution in [1.82, 2.24) is 9.38 Å². The molecule has 11 heavy (non-hydrogen) atoms. The molecule has 2 heterocycles. The number of aromatic nitrogens is 2. The third kappa shape index (κ3) is 0.816. The maximum Gasteiger partial charge on any atom is 1.00 e. The first-order valence-corrected chi connectivity index (χ1v) is 3.28. The zero-order valence-electron chi connectivity index (χ0n) is 6.77. The second kappa shape index (κ2) is 2.20. The van der Waals surface area contributed by atoms with Gasteiger partial charge >= 0.3 is 1.43 Å². The van der Waals surface area contributed by atoms with Crippen LogP contribution in [0.5, 0.6) is 0 Å². The minimum Gasteiger partial charge on any atom is -0.311 e. The Kier molecular flexibility index (Phi) is 1.22. The van der Waals surface area contributed by atoms with Crippen molar-refractivity contribution < 1.29 is 6.22 Å². The summed E-state index contributed by atoms with van der Waals surface area (Å²) < 4.78 is 1.79. The molecule has 2 rings (SSSR count). The molecule has 0 aromatic carbocycles. The molecule has 3 heteroatoms. The third-order valence-electron chi connectivity index (χ3n) is 1.61. The molecule has 0 fully saturated rings. The fraction of sp³-hybridized carbons (Fsp3) is 0. The van der Waals surface area contributed by atoms with Crippen LogP contribution in [0.4, 0.5) is 0 Å². The zero-order valence-corrected chi connectivity index (χ0v) is 5.77. The van der Waals surface area contributed by atoms with Crippen LogP contribution in [0, 0.1) is 0 Å². The van der Waals surface area contributed by atoms with E-state index in [1.54, 1.807) is 29.1 Å². The number of hydrogen-bond donors (Lipinski definition) is 0. The lowest BCUT2D eigenvalue weighted by molar-refractivity contribution is 0.111. The van der Waals surface area contributed by atoms with Crippen LogP contribution >= 0.6 is 0 Å². The molecule has 0 aliphatic carbocycles. The van der Waals surface area contributed by atoms with Gasteiger partial charge in [0.1, 0.15) is 0 Å². The van der Waals surface area contributed by atoms with Crippen LogP contribution in [0.1, 0.15) is 11.9 Å². The van der Waals surface area contributed by atoms with Gasteiger partial charge in [0.05, 0.1) is 17.4 Å². The first-order valence-electron chi connectivity index (χ1n) is 3.28. The standard InChI is InChI=1S/C8H6N2O/c11-6-8-2-1-7-5-9-3-4-10(7)8/h1-6H/p+1. The molecule has 2 aromatic heterocycles. The summed E-state index contributed by atoms with van der Waals surface area (Å²) in [7, 11) is 0. The lowest BCUT2D eigenvalue weighted by Gasteiger charge is -1.92. The average molecular weight is 147 g/mol. The van der Waals surface area contributed by atoms with Gasteiger partial charge in [-0.3, -0.25) is 9.78 Å². The molecule has 2 aromatic rings. The summed E-state index contributed by atoms with van der Waals surface area (Å²) in [4.78, 5) is 14.4. The Hall–Kier alpha value is -1.64. The number of hydrogen-bond acceptors (Lipinski definition) is 2. The van der Waals surface area contributed by atoms with Crippen molar-refractivity contribution in [3.8, 4) is 0 Å². The lowest BCUT2D eigenvalue weighted by atomic mass is 10.5. The smallest absolute Gasteiger partial charge is 0.311 e. The molecule has 0 amide bonds. The Labute approximate surface area is 64.8 Å². The van der Waals surface area contributed by atoms with Gasteiger partial charge in [-0.25, -0.2) is 0 Å². The fourth-order valence-electron chi connectivity index (χ4n) is 1.08. The van der Waals surface area contributed by atoms with E-state index in [0.717, 1.165) is 11.8 Å². The van der Waals surface area contributed by atoms with Gasteiger partial charge in [-0.2, -0.15) is 0 Å². The Morgan fingerprint density at radius 1 is 1.55 bits per heavy atom. The zero-order chi connectivity index (χ0) is 7.68. The number of fused-ring (bicyclic) bond motifs is 1. The van der Waals surface area contributed by atoms with Crippen LogP contribution in [0.25, 0.3) is 5.52 Å². The highest BCUT2D eigenvalue weighted by atomic mass is 16.1. The quantitative estimate of drug-likeness (QED) is 0.569. The minimum atomic E-state index is 0. The Balaban J connectivity index is 0.000000720. The summed E-state index contributed by atoms with van der Waals surface area (Å²) >= 11 is 0. The van der Waals surface area contributed by atoms with Gasteiger partial charge in [0.15, 0.2) is 6.29 Å². The van der Waals surface area contributed by atoms with E-state index in [9.17, 15) is 4.79 Å². The molecule has 3 nitrogen and oxygen atoms in total. The molecule has 0 saturated carbocycles. The highest BCUT2D eigenvalue weighted by Gasteiger charge is 1.96. The maximum absolute atomic E-state index is 10.4. The predicted molar refractivity (Wildman–Crippen MR) is 41.7 cm³/mol. The largest absolute Gasteiger partial charge is 1.00 e. The molecule has 0 unspecified atom stereocenters. The maximum atomic E-state index is 10.4. The molecule has 0 aliphatic rings. The summed E-state index contributed by atoms with van der Waals surface area (Å²) in [5.41, 5.74) is 1.59. The Morgan fingerprint density at radius 3 is 3.27 bits per heavy atom. The summed E-state index contributed by atoms with van der Waals surface area (Å²) in [5, 5.41) is 0. The van der Waals surface area contributed by atoms with Crippen LogP contribution in [-0.2, 0) is 0 Å². The SMILES string of the molecule is O=Cc1ccc2cnccn12.[H+]. The van der Waals surface area contributed by atoms with Crippen molar-refractivity contribution in [3.05, 3.63) is 36.4 Å². The van der Waals surface area contributed by atoms with Crippen LogP contribution in [0.3, 0.4) is 0 Å². The van der Waals surface area contributed by atoms with Gasteiger partial charge in [0.2, 0.25) is 0 Å². The second-order valence-corrected chi connectivity index (χ2v) is 2.25. The predicted octanol–water partition coefficient (Wildman–Crippen LogP) is 1.26. The number of aldehydes is 1. The fourth-order valence-corrected chi connectivity index (χ4v) is 1.08. The van der Waals surface area contributed by atoms with E-state index in [4.69, 9.17) is 0 Å². The van der Waals surface area contributed by atoms with E-state index in [-0.39, 0.29) is 1.43 Å². The molecule has 0 atom stereocenters. The van der Waals surface area contributed by atoms with Crippen LogP contribution < -0.4 is 0 Å². The number of rotatable bonds is 1. The molecule has 0 radical (unpaired) electrons. The second-order valence-electron chi connectivity index (χ2n) is 2.25. The topological polar surface area (TPSA) is 34.4 Å². The highest BCUT2D eigenvalue weighted by Crippen LogP contribution is 2.05. The molecule has 0 spiro atoms. The van der Waals surface area contributed by atoms with Gasteiger partial charge in [-0.15, -0.1) is 0 Å². The molecule has 0 bridgehead atoms. The summed E-state index contributed by atoms with van der Waals surface area (Å²) in [6, 6.07) is 3.63. The van der Waals surface area contributed by atoms with Crippen LogP contribution in [-0.4, -0.2) is 15.7 Å². The number of nitrogens with zero attached hydrogens (tertiary/aromatic N) is 2. The van der Waals surface area contributed by atoms with Crippen molar-refractivity contribution in [2.45, 2.75) is 0 Å². The van der Waals surface area contributed by atoms with Gasteiger partial charge in [-0.05, 0) is 12.1 Å². The van der Waals surface area contributed by atoms with E-state index >= 15 is 0 Å². The number of carbonyl (C=O) groups is 1. The monoisotopic (exact) mass is 147 g/mol. The Morgan fingerprint density at radius 2 is 2.45 bits per heavy atom. The normalized spacial score (nSPS) is 10.2. The molecular formula is C8H7N2O+. The van der Waals surface area contributed by atoms with E-state index in [2.05, 4.69) is 4.98 Å². The summed E-state index contributed by atoms with van der Waals surface area (Å²) in [6.07, 6.45) is 5.96. The van der Waals surface area contributed by atoms with Gasteiger partial charge in [0.25, 0.3) is 0 Å². The van der Waals surface area contributed by atoms with Gasteiger partial charge in [0, 0.05) is 12.4 Å². The first kappa shape index (κ1) is 6.09. The van der Waals surface area contributed by atoms with Gasteiger partial charge < -0.3 is 4.40 Å². The molecule has 0 N–H and O–H groups in total. The van der Waals surface area contributed by atoms with E-state index in [1.807, 2.05) is 6.07 Å². The molecule has 0 aliphatic heterocycles. The summed E-state index contributed by atoms with van der Waals surface area (Å²) in [6.45, 7) is 0. The lowest BCUT2D eigenvalue weighted by Crippen LogP contribution is -1.89. The van der Waals surface area contributed by atoms with E-state index < -0.39 is 0 Å². The molecular weight excluding hydrogens is 140 g/mol. The summed E-state index contributed by atoms with van der Waals surface area (Å²) in [5.74, 6) is 0.